The Morgan fingerprint density at radius 1 is 1.33 bits per heavy atom. The molecule has 1 aromatic carbocycles. The van der Waals surface area contributed by atoms with Crippen molar-refractivity contribution in [3.05, 3.63) is 39.6 Å². The van der Waals surface area contributed by atoms with Crippen molar-refractivity contribution in [3.63, 3.8) is 0 Å². The van der Waals surface area contributed by atoms with Gasteiger partial charge in [-0.1, -0.05) is 23.2 Å². The van der Waals surface area contributed by atoms with E-state index in [2.05, 4.69) is 15.5 Å². The number of nitrogens with zero attached hydrogens (tertiary/aromatic N) is 1. The number of H-pyrrole nitrogens is 1. The molecule has 0 aliphatic rings. The van der Waals surface area contributed by atoms with Crippen LogP contribution in [0, 0.1) is 6.92 Å². The number of nitrogens with two attached hydrogens (primary N) is 1. The maximum atomic E-state index is 11.9. The molecule has 0 saturated carbocycles. The molecule has 0 aliphatic heterocycles. The SMILES string of the molecule is Cc1cc(C(=O)Nc2cc(Cl)c(Cl)cc2N)n[nH]1. The fraction of sp³-hybridized carbons (Fsp3) is 0.0909. The van der Waals surface area contributed by atoms with Gasteiger partial charge in [0.2, 0.25) is 0 Å². The Balaban J connectivity index is 2.24. The first-order chi connectivity index (χ1) is 8.47. The number of aromatic nitrogens is 2. The second kappa shape index (κ2) is 4.88. The number of anilines is 2. The van der Waals surface area contributed by atoms with Crippen molar-refractivity contribution >= 4 is 40.5 Å². The van der Waals surface area contributed by atoms with Gasteiger partial charge in [0.15, 0.2) is 5.69 Å². The molecule has 0 bridgehead atoms. The highest BCUT2D eigenvalue weighted by Crippen LogP contribution is 2.30. The number of aryl methyl sites for hydroxylation is 1. The van der Waals surface area contributed by atoms with E-state index < -0.39 is 0 Å². The Kier molecular flexibility index (Phi) is 3.45. The van der Waals surface area contributed by atoms with Crippen molar-refractivity contribution in [1.29, 1.82) is 0 Å². The van der Waals surface area contributed by atoms with Crippen molar-refractivity contribution in [3.8, 4) is 0 Å². The van der Waals surface area contributed by atoms with Crippen LogP contribution >= 0.6 is 23.2 Å². The van der Waals surface area contributed by atoms with E-state index in [0.717, 1.165) is 5.69 Å². The minimum absolute atomic E-state index is 0.276. The number of rotatable bonds is 2. The number of benzene rings is 1. The average molecular weight is 285 g/mol. The average Bonchev–Trinajstić information content (AvgIpc) is 2.73. The van der Waals surface area contributed by atoms with Crippen molar-refractivity contribution in [1.82, 2.24) is 10.2 Å². The van der Waals surface area contributed by atoms with Gasteiger partial charge in [0.25, 0.3) is 5.91 Å². The Morgan fingerprint density at radius 3 is 2.61 bits per heavy atom. The summed E-state index contributed by atoms with van der Waals surface area (Å²) in [5.74, 6) is -0.371. The van der Waals surface area contributed by atoms with Crippen molar-refractivity contribution in [2.45, 2.75) is 6.92 Å². The molecule has 1 amide bonds. The zero-order valence-corrected chi connectivity index (χ0v) is 10.9. The van der Waals surface area contributed by atoms with E-state index >= 15 is 0 Å². The molecular weight excluding hydrogens is 275 g/mol. The molecule has 2 aromatic rings. The van der Waals surface area contributed by atoms with Crippen molar-refractivity contribution < 1.29 is 4.79 Å². The van der Waals surface area contributed by atoms with Gasteiger partial charge in [-0.2, -0.15) is 5.10 Å². The molecule has 0 fully saturated rings. The predicted molar refractivity (Wildman–Crippen MR) is 72.2 cm³/mol. The molecule has 18 heavy (non-hydrogen) atoms. The first-order valence-electron chi connectivity index (χ1n) is 5.05. The Morgan fingerprint density at radius 2 is 2.00 bits per heavy atom. The first-order valence-corrected chi connectivity index (χ1v) is 5.81. The quantitative estimate of drug-likeness (QED) is 0.742. The van der Waals surface area contributed by atoms with Gasteiger partial charge in [0, 0.05) is 5.69 Å². The predicted octanol–water partition coefficient (Wildman–Crippen LogP) is 2.86. The van der Waals surface area contributed by atoms with E-state index in [-0.39, 0.29) is 11.6 Å². The molecule has 0 unspecified atom stereocenters. The summed E-state index contributed by atoms with van der Waals surface area (Å²) in [4.78, 5) is 11.9. The molecule has 0 spiro atoms. The lowest BCUT2D eigenvalue weighted by atomic mass is 10.2. The number of halogens is 2. The highest BCUT2D eigenvalue weighted by Gasteiger charge is 2.12. The Bertz CT molecular complexity index is 609. The van der Waals surface area contributed by atoms with Gasteiger partial charge in [0.05, 0.1) is 21.4 Å². The second-order valence-electron chi connectivity index (χ2n) is 3.74. The van der Waals surface area contributed by atoms with Crippen molar-refractivity contribution in [2.24, 2.45) is 0 Å². The number of hydrogen-bond acceptors (Lipinski definition) is 3. The maximum Gasteiger partial charge on any atom is 0.276 e. The minimum atomic E-state index is -0.371. The third-order valence-electron chi connectivity index (χ3n) is 2.28. The van der Waals surface area contributed by atoms with Gasteiger partial charge in [-0.15, -0.1) is 0 Å². The van der Waals surface area contributed by atoms with Gasteiger partial charge in [-0.05, 0) is 25.1 Å². The van der Waals surface area contributed by atoms with Crippen LogP contribution in [0.3, 0.4) is 0 Å². The molecule has 1 aromatic heterocycles. The first kappa shape index (κ1) is 12.7. The Labute approximate surface area is 113 Å². The minimum Gasteiger partial charge on any atom is -0.397 e. The molecule has 0 aliphatic carbocycles. The highest BCUT2D eigenvalue weighted by atomic mass is 35.5. The van der Waals surface area contributed by atoms with Gasteiger partial charge in [-0.3, -0.25) is 9.89 Å². The lowest BCUT2D eigenvalue weighted by Crippen LogP contribution is -2.13. The van der Waals surface area contributed by atoms with Crippen LogP contribution in [-0.2, 0) is 0 Å². The van der Waals surface area contributed by atoms with E-state index in [1.807, 2.05) is 0 Å². The summed E-state index contributed by atoms with van der Waals surface area (Å²) in [5, 5.41) is 9.80. The summed E-state index contributed by atoms with van der Waals surface area (Å²) in [6, 6.07) is 4.61. The second-order valence-corrected chi connectivity index (χ2v) is 4.56. The third-order valence-corrected chi connectivity index (χ3v) is 3.00. The van der Waals surface area contributed by atoms with E-state index in [1.165, 1.54) is 12.1 Å². The van der Waals surface area contributed by atoms with E-state index in [9.17, 15) is 4.79 Å². The van der Waals surface area contributed by atoms with Crippen LogP contribution in [0.15, 0.2) is 18.2 Å². The zero-order chi connectivity index (χ0) is 13.3. The van der Waals surface area contributed by atoms with Crippen LogP contribution in [0.1, 0.15) is 16.2 Å². The summed E-state index contributed by atoms with van der Waals surface area (Å²) >= 11 is 11.7. The summed E-state index contributed by atoms with van der Waals surface area (Å²) in [6.45, 7) is 1.80. The number of nitrogen functional groups attached to an aromatic ring is 1. The summed E-state index contributed by atoms with van der Waals surface area (Å²) in [5.41, 5.74) is 7.54. The smallest absolute Gasteiger partial charge is 0.276 e. The van der Waals surface area contributed by atoms with Gasteiger partial charge >= 0.3 is 0 Å². The molecule has 0 saturated heterocycles. The summed E-state index contributed by atoms with van der Waals surface area (Å²) in [7, 11) is 0. The number of hydrogen-bond donors (Lipinski definition) is 3. The fourth-order valence-corrected chi connectivity index (χ4v) is 1.73. The third kappa shape index (κ3) is 2.57. The Hall–Kier alpha value is -1.72. The number of carbonyl (C=O) groups excluding carboxylic acids is 1. The molecule has 4 N–H and O–H groups in total. The largest absolute Gasteiger partial charge is 0.397 e. The van der Waals surface area contributed by atoms with Crippen LogP contribution in [0.5, 0.6) is 0 Å². The zero-order valence-electron chi connectivity index (χ0n) is 9.42. The van der Waals surface area contributed by atoms with Crippen molar-refractivity contribution in [2.75, 3.05) is 11.1 Å². The topological polar surface area (TPSA) is 83.8 Å². The van der Waals surface area contributed by atoms with Crippen LogP contribution in [0.2, 0.25) is 10.0 Å². The number of carbonyl (C=O) groups is 1. The molecule has 94 valence electrons. The van der Waals surface area contributed by atoms with E-state index in [0.29, 0.717) is 21.4 Å². The van der Waals surface area contributed by atoms with Crippen LogP contribution in [0.4, 0.5) is 11.4 Å². The van der Waals surface area contributed by atoms with E-state index in [1.54, 1.807) is 13.0 Å². The summed E-state index contributed by atoms with van der Waals surface area (Å²) in [6.07, 6.45) is 0. The van der Waals surface area contributed by atoms with Crippen LogP contribution < -0.4 is 11.1 Å². The fourth-order valence-electron chi connectivity index (χ4n) is 1.39. The standard InChI is InChI=1S/C11H10Cl2N4O/c1-5-2-10(17-16-5)11(18)15-9-4-7(13)6(12)3-8(9)14/h2-4H,14H2,1H3,(H,15,18)(H,16,17). The summed E-state index contributed by atoms with van der Waals surface area (Å²) < 4.78 is 0. The number of aromatic amines is 1. The monoisotopic (exact) mass is 284 g/mol. The molecule has 5 nitrogen and oxygen atoms in total. The van der Waals surface area contributed by atoms with Gasteiger partial charge in [0.1, 0.15) is 0 Å². The molecule has 2 rings (SSSR count). The van der Waals surface area contributed by atoms with Crippen LogP contribution in [0.25, 0.3) is 0 Å². The lowest BCUT2D eigenvalue weighted by molar-refractivity contribution is 0.102. The van der Waals surface area contributed by atoms with Gasteiger partial charge in [-0.25, -0.2) is 0 Å². The number of amides is 1. The van der Waals surface area contributed by atoms with E-state index in [4.69, 9.17) is 28.9 Å². The maximum absolute atomic E-state index is 11.9. The molecule has 0 radical (unpaired) electrons. The highest BCUT2D eigenvalue weighted by molar-refractivity contribution is 6.42. The molecule has 1 heterocycles. The molecular formula is C11H10Cl2N4O. The van der Waals surface area contributed by atoms with Crippen LogP contribution in [-0.4, -0.2) is 16.1 Å². The molecule has 0 atom stereocenters. The normalized spacial score (nSPS) is 10.4. The molecule has 7 heteroatoms. The van der Waals surface area contributed by atoms with Gasteiger partial charge < -0.3 is 11.1 Å². The lowest BCUT2D eigenvalue weighted by Gasteiger charge is -2.08. The number of nitrogens with one attached hydrogen (secondary N) is 2.